The Morgan fingerprint density at radius 3 is 2.63 bits per heavy atom. The molecule has 1 amide bonds. The molecule has 1 aromatic rings. The van der Waals surface area contributed by atoms with E-state index < -0.39 is 0 Å². The second-order valence-electron chi connectivity index (χ2n) is 5.00. The summed E-state index contributed by atoms with van der Waals surface area (Å²) in [5.41, 5.74) is 0.722. The lowest BCUT2D eigenvalue weighted by Crippen LogP contribution is -2.34. The van der Waals surface area contributed by atoms with Crippen LogP contribution in [-0.4, -0.2) is 24.1 Å². The van der Waals surface area contributed by atoms with Gasteiger partial charge in [-0.3, -0.25) is 4.79 Å². The molecular formula is C15H20ClNOS. The third-order valence-electron chi connectivity index (χ3n) is 3.69. The van der Waals surface area contributed by atoms with Crippen molar-refractivity contribution in [3.63, 3.8) is 0 Å². The number of hydrogen-bond acceptors (Lipinski definition) is 2. The first-order valence-corrected chi connectivity index (χ1v) is 8.43. The fraction of sp³-hybridized carbons (Fsp3) is 0.533. The largest absolute Gasteiger partial charge is 0.352 e. The fourth-order valence-electron chi connectivity index (χ4n) is 2.46. The van der Waals surface area contributed by atoms with E-state index in [9.17, 15) is 4.79 Å². The number of thioether (sulfide) groups is 1. The number of halogens is 1. The summed E-state index contributed by atoms with van der Waals surface area (Å²) in [4.78, 5) is 13.2. The van der Waals surface area contributed by atoms with Crippen LogP contribution in [0.2, 0.25) is 0 Å². The molecule has 0 aliphatic heterocycles. The molecule has 0 spiro atoms. The highest BCUT2D eigenvalue weighted by molar-refractivity contribution is 7.98. The van der Waals surface area contributed by atoms with Crippen molar-refractivity contribution >= 4 is 29.3 Å². The summed E-state index contributed by atoms with van der Waals surface area (Å²) in [7, 11) is 0. The second kappa shape index (κ2) is 7.20. The minimum atomic E-state index is 0.00194. The standard InChI is InChI=1S/C15H20ClNOS/c1-19-13-8-6-11(7-9-13)15(18)17-10-12-4-2-3-5-14(12)16/h6-9,12,14H,2-5,10H2,1H3,(H,17,18). The van der Waals surface area contributed by atoms with Gasteiger partial charge in [0.1, 0.15) is 0 Å². The first-order valence-electron chi connectivity index (χ1n) is 6.77. The van der Waals surface area contributed by atoms with Gasteiger partial charge >= 0.3 is 0 Å². The second-order valence-corrected chi connectivity index (χ2v) is 6.44. The number of carbonyl (C=O) groups is 1. The monoisotopic (exact) mass is 297 g/mol. The molecule has 104 valence electrons. The highest BCUT2D eigenvalue weighted by Crippen LogP contribution is 2.28. The molecular weight excluding hydrogens is 278 g/mol. The molecule has 2 unspecified atom stereocenters. The van der Waals surface area contributed by atoms with Gasteiger partial charge in [0.05, 0.1) is 0 Å². The van der Waals surface area contributed by atoms with Crippen LogP contribution in [0.1, 0.15) is 36.0 Å². The van der Waals surface area contributed by atoms with Crippen molar-refractivity contribution in [3.8, 4) is 0 Å². The van der Waals surface area contributed by atoms with Gasteiger partial charge in [0.25, 0.3) is 5.91 Å². The molecule has 1 aliphatic rings. The van der Waals surface area contributed by atoms with Crippen molar-refractivity contribution in [2.75, 3.05) is 12.8 Å². The van der Waals surface area contributed by atoms with E-state index in [1.165, 1.54) is 17.7 Å². The summed E-state index contributed by atoms with van der Waals surface area (Å²) >= 11 is 7.97. The first kappa shape index (κ1) is 14.7. The van der Waals surface area contributed by atoms with E-state index in [1.54, 1.807) is 11.8 Å². The predicted molar refractivity (Wildman–Crippen MR) is 82.2 cm³/mol. The van der Waals surface area contributed by atoms with Gasteiger partial charge in [-0.1, -0.05) is 12.8 Å². The zero-order chi connectivity index (χ0) is 13.7. The van der Waals surface area contributed by atoms with Crippen molar-refractivity contribution in [2.24, 2.45) is 5.92 Å². The molecule has 2 atom stereocenters. The third kappa shape index (κ3) is 4.15. The Morgan fingerprint density at radius 1 is 1.32 bits per heavy atom. The van der Waals surface area contributed by atoms with Crippen molar-refractivity contribution in [2.45, 2.75) is 36.0 Å². The van der Waals surface area contributed by atoms with Gasteiger partial charge in [0.15, 0.2) is 0 Å². The highest BCUT2D eigenvalue weighted by atomic mass is 35.5. The lowest BCUT2D eigenvalue weighted by molar-refractivity contribution is 0.0944. The molecule has 2 nitrogen and oxygen atoms in total. The van der Waals surface area contributed by atoms with E-state index in [4.69, 9.17) is 11.6 Å². The SMILES string of the molecule is CSc1ccc(C(=O)NCC2CCCCC2Cl)cc1. The lowest BCUT2D eigenvalue weighted by atomic mass is 9.88. The maximum atomic E-state index is 12.0. The van der Waals surface area contributed by atoms with Crippen molar-refractivity contribution in [1.29, 1.82) is 0 Å². The summed E-state index contributed by atoms with van der Waals surface area (Å²) in [6.45, 7) is 0.692. The zero-order valence-corrected chi connectivity index (χ0v) is 12.8. The van der Waals surface area contributed by atoms with Crippen LogP contribution in [0, 0.1) is 5.92 Å². The maximum absolute atomic E-state index is 12.0. The Morgan fingerprint density at radius 2 is 2.00 bits per heavy atom. The quantitative estimate of drug-likeness (QED) is 0.674. The molecule has 0 saturated heterocycles. The average Bonchev–Trinajstić information content (AvgIpc) is 2.46. The Labute approximate surface area is 124 Å². The molecule has 0 aromatic heterocycles. The van der Waals surface area contributed by atoms with Crippen molar-refractivity contribution in [1.82, 2.24) is 5.32 Å². The lowest BCUT2D eigenvalue weighted by Gasteiger charge is -2.27. The number of amides is 1. The Bertz CT molecular complexity index is 421. The number of benzene rings is 1. The van der Waals surface area contributed by atoms with Gasteiger partial charge in [0.2, 0.25) is 0 Å². The Kier molecular flexibility index (Phi) is 5.59. The molecule has 4 heteroatoms. The van der Waals surface area contributed by atoms with E-state index in [1.807, 2.05) is 30.5 Å². The van der Waals surface area contributed by atoms with E-state index >= 15 is 0 Å². The summed E-state index contributed by atoms with van der Waals surface area (Å²) in [5, 5.41) is 3.22. The molecule has 1 aliphatic carbocycles. The molecule has 0 bridgehead atoms. The van der Waals surface area contributed by atoms with Crippen LogP contribution in [0.5, 0.6) is 0 Å². The van der Waals surface area contributed by atoms with Crippen LogP contribution in [0.15, 0.2) is 29.2 Å². The maximum Gasteiger partial charge on any atom is 0.251 e. The van der Waals surface area contributed by atoms with Gasteiger partial charge in [-0.15, -0.1) is 23.4 Å². The number of hydrogen-bond donors (Lipinski definition) is 1. The number of carbonyl (C=O) groups excluding carboxylic acids is 1. The normalized spacial score (nSPS) is 23.1. The summed E-state index contributed by atoms with van der Waals surface area (Å²) < 4.78 is 0. The fourth-order valence-corrected chi connectivity index (χ4v) is 3.24. The van der Waals surface area contributed by atoms with Crippen molar-refractivity contribution < 1.29 is 4.79 Å². The van der Waals surface area contributed by atoms with E-state index in [-0.39, 0.29) is 11.3 Å². The van der Waals surface area contributed by atoms with Gasteiger partial charge in [-0.2, -0.15) is 0 Å². The van der Waals surface area contributed by atoms with E-state index in [2.05, 4.69) is 5.32 Å². The summed E-state index contributed by atoms with van der Waals surface area (Å²) in [6.07, 6.45) is 6.67. The van der Waals surface area contributed by atoms with E-state index in [0.717, 1.165) is 18.4 Å². The number of nitrogens with one attached hydrogen (secondary N) is 1. The summed E-state index contributed by atoms with van der Waals surface area (Å²) in [6, 6.07) is 7.70. The average molecular weight is 298 g/mol. The van der Waals surface area contributed by atoms with Gasteiger partial charge in [-0.25, -0.2) is 0 Å². The van der Waals surface area contributed by atoms with Crippen LogP contribution in [0.25, 0.3) is 0 Å². The first-order chi connectivity index (χ1) is 9.20. The topological polar surface area (TPSA) is 29.1 Å². The van der Waals surface area contributed by atoms with E-state index in [0.29, 0.717) is 12.5 Å². The van der Waals surface area contributed by atoms with Gasteiger partial charge < -0.3 is 5.32 Å². The van der Waals surface area contributed by atoms with Crippen LogP contribution >= 0.6 is 23.4 Å². The molecule has 1 fully saturated rings. The Hall–Kier alpha value is -0.670. The van der Waals surface area contributed by atoms with Crippen LogP contribution in [0.3, 0.4) is 0 Å². The number of alkyl halides is 1. The predicted octanol–water partition coefficient (Wildman–Crippen LogP) is 3.94. The molecule has 1 saturated carbocycles. The van der Waals surface area contributed by atoms with Gasteiger partial charge in [-0.05, 0) is 49.3 Å². The summed E-state index contributed by atoms with van der Waals surface area (Å²) in [5.74, 6) is 0.423. The van der Waals surface area contributed by atoms with Crippen molar-refractivity contribution in [3.05, 3.63) is 29.8 Å². The van der Waals surface area contributed by atoms with Crippen LogP contribution < -0.4 is 5.32 Å². The minimum Gasteiger partial charge on any atom is -0.352 e. The van der Waals surface area contributed by atoms with Crippen LogP contribution in [0.4, 0.5) is 0 Å². The molecule has 2 rings (SSSR count). The highest BCUT2D eigenvalue weighted by Gasteiger charge is 2.23. The number of rotatable bonds is 4. The Balaban J connectivity index is 1.86. The molecule has 1 N–H and O–H groups in total. The molecule has 19 heavy (non-hydrogen) atoms. The third-order valence-corrected chi connectivity index (χ3v) is 5.01. The minimum absolute atomic E-state index is 0.00194. The van der Waals surface area contributed by atoms with Crippen LogP contribution in [-0.2, 0) is 0 Å². The van der Waals surface area contributed by atoms with Gasteiger partial charge in [0, 0.05) is 22.4 Å². The smallest absolute Gasteiger partial charge is 0.251 e. The molecule has 0 radical (unpaired) electrons. The molecule has 0 heterocycles. The molecule has 1 aromatic carbocycles. The zero-order valence-electron chi connectivity index (χ0n) is 11.2.